The van der Waals surface area contributed by atoms with Crippen LogP contribution in [0.1, 0.15) is 11.1 Å². The molecule has 0 aromatic heterocycles. The fourth-order valence-corrected chi connectivity index (χ4v) is 5.39. The zero-order chi connectivity index (χ0) is 38.7. The van der Waals surface area contributed by atoms with E-state index >= 15 is 0 Å². The second-order valence-electron chi connectivity index (χ2n) is 9.44. The van der Waals surface area contributed by atoms with Gasteiger partial charge in [-0.05, 0) is 71.8 Å². The second-order valence-corrected chi connectivity index (χ2v) is 13.6. The van der Waals surface area contributed by atoms with Crippen molar-refractivity contribution in [1.82, 2.24) is 0 Å². The van der Waals surface area contributed by atoms with E-state index in [1.54, 1.807) is 24.3 Å². The predicted octanol–water partition coefficient (Wildman–Crippen LogP) is 0.598. The van der Waals surface area contributed by atoms with Crippen molar-refractivity contribution in [3.63, 3.8) is 0 Å². The molecule has 0 bridgehead atoms. The number of nitrogens with two attached hydrogens (primary N) is 3. The van der Waals surface area contributed by atoms with Gasteiger partial charge in [0.25, 0.3) is 31.6 Å². The van der Waals surface area contributed by atoms with Crippen LogP contribution in [0.2, 0.25) is 0 Å². The van der Waals surface area contributed by atoms with Gasteiger partial charge in [0, 0.05) is 30.0 Å². The van der Waals surface area contributed by atoms with E-state index in [-0.39, 0.29) is 51.5 Å². The van der Waals surface area contributed by atoms with Crippen LogP contribution in [0.5, 0.6) is 0 Å². The Bertz CT molecular complexity index is 2240. The molecule has 0 atom stereocenters. The van der Waals surface area contributed by atoms with Crippen molar-refractivity contribution >= 4 is 76.9 Å². The number of non-ortho nitro benzene ring substituents is 2. The maximum atomic E-state index is 11.5. The Kier molecular flexibility index (Phi) is 16.3. The molecule has 25 heteroatoms. The number of nitrogens with zero attached hydrogens (tertiary/aromatic N) is 4. The standard InChI is InChI=1S/C14H10N2O10S2.C12H11N3O3S.CH5N3.Na/c17-15(18)11-5-3-9(13(7-11)27(21,22)23)1-2-10-4-6-12(16(19)20)8-14(10)28(24,25)26;13-9-1-3-10(4-2-9)14-15-11-5-7-12(8-6-11)19(16,17)18;2-1(3)4;/h1-8H,(H,21,22,23)(H,24,25,26);1-8H,13H2,(H,16,17,18);(H5,2,3,4);/q;;;+1/p-1/b2-1+;;;. The van der Waals surface area contributed by atoms with Crippen molar-refractivity contribution in [1.29, 1.82) is 5.41 Å². The summed E-state index contributed by atoms with van der Waals surface area (Å²) in [5, 5.41) is 35.5. The fraction of sp³-hybridized carbons (Fsp3) is 0. The van der Waals surface area contributed by atoms with E-state index < -0.39 is 61.4 Å². The number of benzene rings is 4. The van der Waals surface area contributed by atoms with Crippen molar-refractivity contribution in [2.45, 2.75) is 14.7 Å². The molecule has 52 heavy (non-hydrogen) atoms. The number of azo groups is 1. The van der Waals surface area contributed by atoms with Crippen molar-refractivity contribution in [3.05, 3.63) is 116 Å². The van der Waals surface area contributed by atoms with Crippen molar-refractivity contribution in [2.75, 3.05) is 5.73 Å². The summed E-state index contributed by atoms with van der Waals surface area (Å²) in [7, 11) is -14.2. The van der Waals surface area contributed by atoms with Crippen molar-refractivity contribution in [3.8, 4) is 0 Å². The number of rotatable bonds is 9. The topological polar surface area (TPSA) is 379 Å². The van der Waals surface area contributed by atoms with Gasteiger partial charge in [-0.15, -0.1) is 0 Å². The van der Waals surface area contributed by atoms with E-state index in [9.17, 15) is 59.1 Å². The molecular formula is C27H25N8NaO13S3. The molecule has 4 aromatic rings. The van der Waals surface area contributed by atoms with Crippen LogP contribution in [0.3, 0.4) is 0 Å². The predicted molar refractivity (Wildman–Crippen MR) is 180 cm³/mol. The summed E-state index contributed by atoms with van der Waals surface area (Å²) in [5.74, 6) is -0.333. The molecule has 270 valence electrons. The first-order valence-corrected chi connectivity index (χ1v) is 17.4. The molecule has 0 radical (unpaired) electrons. The third-order valence-corrected chi connectivity index (χ3v) is 8.38. The van der Waals surface area contributed by atoms with Crippen LogP contribution in [0, 0.1) is 25.6 Å². The van der Waals surface area contributed by atoms with Gasteiger partial charge >= 0.3 is 29.6 Å². The molecule has 0 aliphatic heterocycles. The zero-order valence-corrected chi connectivity index (χ0v) is 30.8. The van der Waals surface area contributed by atoms with Gasteiger partial charge in [0.2, 0.25) is 0 Å². The van der Waals surface area contributed by atoms with Gasteiger partial charge in [-0.2, -0.15) is 27.1 Å². The van der Waals surface area contributed by atoms with Gasteiger partial charge in [-0.3, -0.25) is 34.7 Å². The third-order valence-electron chi connectivity index (χ3n) is 5.71. The summed E-state index contributed by atoms with van der Waals surface area (Å²) in [6, 6.07) is 17.1. The van der Waals surface area contributed by atoms with Crippen LogP contribution in [0.25, 0.3) is 12.2 Å². The van der Waals surface area contributed by atoms with Gasteiger partial charge < -0.3 is 21.8 Å². The summed E-state index contributed by atoms with van der Waals surface area (Å²) >= 11 is 0. The van der Waals surface area contributed by atoms with Crippen LogP contribution in [0.4, 0.5) is 28.4 Å². The Morgan fingerprint density at radius 3 is 1.29 bits per heavy atom. The number of nitrogens with one attached hydrogen (secondary N) is 1. The maximum Gasteiger partial charge on any atom is 1.00 e. The smallest absolute Gasteiger partial charge is 0.744 e. The molecule has 0 unspecified atom stereocenters. The van der Waals surface area contributed by atoms with Crippen LogP contribution in [-0.4, -0.2) is 54.7 Å². The molecule has 0 saturated heterocycles. The molecular weight excluding hydrogens is 764 g/mol. The van der Waals surface area contributed by atoms with E-state index in [4.69, 9.17) is 11.1 Å². The van der Waals surface area contributed by atoms with Gasteiger partial charge in [0.05, 0.1) is 26.1 Å². The maximum absolute atomic E-state index is 11.5. The molecule has 4 rings (SSSR count). The summed E-state index contributed by atoms with van der Waals surface area (Å²) in [5.41, 5.74) is 14.5. The Morgan fingerprint density at radius 2 is 1.00 bits per heavy atom. The molecule has 21 nitrogen and oxygen atoms in total. The van der Waals surface area contributed by atoms with Crippen LogP contribution in [0.15, 0.2) is 110 Å². The molecule has 4 aromatic carbocycles. The van der Waals surface area contributed by atoms with Gasteiger partial charge in [-0.1, -0.05) is 12.2 Å². The minimum absolute atomic E-state index is 0. The van der Waals surface area contributed by atoms with E-state index in [1.165, 1.54) is 24.3 Å². The van der Waals surface area contributed by atoms with E-state index in [0.717, 1.165) is 36.4 Å². The largest absolute Gasteiger partial charge is 1.00 e. The Hall–Kier alpha value is -5.18. The normalized spacial score (nSPS) is 11.4. The number of nitrogen functional groups attached to an aromatic ring is 1. The van der Waals surface area contributed by atoms with Crippen molar-refractivity contribution in [2.24, 2.45) is 21.7 Å². The van der Waals surface area contributed by atoms with E-state index in [1.807, 2.05) is 0 Å². The number of guanidine groups is 1. The number of nitro groups is 2. The molecule has 9 N–H and O–H groups in total. The summed E-state index contributed by atoms with van der Waals surface area (Å²) in [6.07, 6.45) is 2.01. The average molecular weight is 789 g/mol. The number of hydrogen-bond acceptors (Lipinski definition) is 15. The monoisotopic (exact) mass is 788 g/mol. The van der Waals surface area contributed by atoms with E-state index in [0.29, 0.717) is 29.2 Å². The SMILES string of the molecule is N=C(N)N.Nc1ccc(N=Nc2ccc(S(=O)(=O)[O-])cc2)cc1.O=[N+]([O-])c1ccc(/C=C/c2ccc([N+](=O)[O-])cc2S(=O)(=O)O)c(S(=O)(=O)O)c1.[Na+]. The minimum atomic E-state index is -4.86. The quantitative estimate of drug-likeness (QED) is 0.0156. The molecule has 0 aliphatic carbocycles. The molecule has 0 fully saturated rings. The fourth-order valence-electron chi connectivity index (χ4n) is 3.51. The summed E-state index contributed by atoms with van der Waals surface area (Å²) in [6.45, 7) is 0. The first-order valence-electron chi connectivity index (χ1n) is 13.1. The third kappa shape index (κ3) is 14.6. The Labute approximate surface area is 317 Å². The van der Waals surface area contributed by atoms with Crippen molar-refractivity contribution < 1.29 is 78.3 Å². The minimum Gasteiger partial charge on any atom is -0.744 e. The van der Waals surface area contributed by atoms with Crippen LogP contribution in [-0.2, 0) is 30.4 Å². The number of hydrogen-bond donors (Lipinski definition) is 6. The molecule has 0 heterocycles. The Morgan fingerprint density at radius 1 is 0.673 bits per heavy atom. The van der Waals surface area contributed by atoms with Gasteiger partial charge in [0.15, 0.2) is 5.96 Å². The first-order chi connectivity index (χ1) is 23.5. The van der Waals surface area contributed by atoms with Crippen LogP contribution >= 0.6 is 0 Å². The molecule has 0 aliphatic rings. The number of anilines is 1. The molecule has 0 spiro atoms. The second kappa shape index (κ2) is 18.9. The van der Waals surface area contributed by atoms with E-state index in [2.05, 4.69) is 21.7 Å². The number of nitro benzene ring substituents is 2. The van der Waals surface area contributed by atoms with Crippen LogP contribution < -0.4 is 46.8 Å². The Balaban J connectivity index is 0.000000488. The van der Waals surface area contributed by atoms with Gasteiger partial charge in [0.1, 0.15) is 19.9 Å². The molecule has 0 amide bonds. The van der Waals surface area contributed by atoms with Gasteiger partial charge in [-0.25, -0.2) is 8.42 Å². The summed E-state index contributed by atoms with van der Waals surface area (Å²) in [4.78, 5) is 17.9. The summed E-state index contributed by atoms with van der Waals surface area (Å²) < 4.78 is 96.6. The molecule has 0 saturated carbocycles. The zero-order valence-electron chi connectivity index (χ0n) is 26.4. The first kappa shape index (κ1) is 44.8. The average Bonchev–Trinajstić information content (AvgIpc) is 3.02.